The fraction of sp³-hybridized carbons (Fsp3) is 0.533. The zero-order chi connectivity index (χ0) is 14.5. The van der Waals surface area contributed by atoms with E-state index >= 15 is 0 Å². The van der Waals surface area contributed by atoms with Gasteiger partial charge in [-0.2, -0.15) is 0 Å². The fourth-order valence-electron chi connectivity index (χ4n) is 2.49. The van der Waals surface area contributed by atoms with Crippen molar-refractivity contribution in [2.75, 3.05) is 32.7 Å². The first-order valence-corrected chi connectivity index (χ1v) is 6.96. The molecule has 0 unspecified atom stereocenters. The number of rotatable bonds is 5. The van der Waals surface area contributed by atoms with E-state index in [2.05, 4.69) is 9.80 Å². The van der Waals surface area contributed by atoms with Crippen LogP contribution in [0.2, 0.25) is 0 Å². The van der Waals surface area contributed by atoms with E-state index < -0.39 is 5.97 Å². The number of nitrogens with zero attached hydrogens (tertiary/aromatic N) is 2. The first kappa shape index (κ1) is 14.9. The number of aryl methyl sites for hydroxylation is 1. The minimum Gasteiger partial charge on any atom is -0.481 e. The van der Waals surface area contributed by atoms with Gasteiger partial charge in [-0.25, -0.2) is 4.39 Å². The Kier molecular flexibility index (Phi) is 5.09. The van der Waals surface area contributed by atoms with Gasteiger partial charge < -0.3 is 10.0 Å². The zero-order valence-electron chi connectivity index (χ0n) is 11.8. The van der Waals surface area contributed by atoms with E-state index in [1.165, 1.54) is 6.07 Å². The van der Waals surface area contributed by atoms with Crippen molar-refractivity contribution in [2.45, 2.75) is 19.9 Å². The van der Waals surface area contributed by atoms with Gasteiger partial charge in [-0.1, -0.05) is 12.1 Å². The maximum absolute atomic E-state index is 13.2. The molecule has 1 aromatic rings. The number of aliphatic carboxylic acids is 1. The summed E-state index contributed by atoms with van der Waals surface area (Å²) >= 11 is 0. The third-order valence-corrected chi connectivity index (χ3v) is 3.74. The van der Waals surface area contributed by atoms with Crippen LogP contribution in [0.4, 0.5) is 4.39 Å². The Morgan fingerprint density at radius 3 is 2.50 bits per heavy atom. The van der Waals surface area contributed by atoms with Gasteiger partial charge in [0.2, 0.25) is 0 Å². The van der Waals surface area contributed by atoms with Gasteiger partial charge in [0.25, 0.3) is 0 Å². The molecule has 0 saturated carbocycles. The highest BCUT2D eigenvalue weighted by atomic mass is 19.1. The molecule has 0 amide bonds. The van der Waals surface area contributed by atoms with Crippen molar-refractivity contribution in [3.63, 3.8) is 0 Å². The van der Waals surface area contributed by atoms with Crippen LogP contribution in [-0.4, -0.2) is 53.6 Å². The lowest BCUT2D eigenvalue weighted by atomic mass is 10.1. The van der Waals surface area contributed by atoms with Crippen LogP contribution in [0.15, 0.2) is 18.2 Å². The van der Waals surface area contributed by atoms with Crippen LogP contribution in [0.25, 0.3) is 0 Å². The summed E-state index contributed by atoms with van der Waals surface area (Å²) < 4.78 is 13.2. The molecule has 1 saturated heterocycles. The molecule has 1 aliphatic rings. The van der Waals surface area contributed by atoms with E-state index in [-0.39, 0.29) is 12.2 Å². The third-order valence-electron chi connectivity index (χ3n) is 3.74. The number of carboxylic acids is 1. The molecule has 5 heteroatoms. The molecular weight excluding hydrogens is 259 g/mol. The largest absolute Gasteiger partial charge is 0.481 e. The van der Waals surface area contributed by atoms with Crippen molar-refractivity contribution in [3.8, 4) is 0 Å². The minimum absolute atomic E-state index is 0.160. The summed E-state index contributed by atoms with van der Waals surface area (Å²) in [5.41, 5.74) is 1.81. The van der Waals surface area contributed by atoms with Crippen LogP contribution >= 0.6 is 0 Å². The number of benzene rings is 1. The Morgan fingerprint density at radius 1 is 1.25 bits per heavy atom. The lowest BCUT2D eigenvalue weighted by Crippen LogP contribution is -2.46. The molecule has 20 heavy (non-hydrogen) atoms. The molecule has 0 aliphatic carbocycles. The lowest BCUT2D eigenvalue weighted by Gasteiger charge is -2.34. The number of hydrogen-bond acceptors (Lipinski definition) is 3. The van der Waals surface area contributed by atoms with Gasteiger partial charge in [0, 0.05) is 39.3 Å². The maximum atomic E-state index is 13.2. The molecule has 1 N–H and O–H groups in total. The second kappa shape index (κ2) is 6.81. The van der Waals surface area contributed by atoms with Crippen molar-refractivity contribution in [1.29, 1.82) is 0 Å². The molecule has 0 aromatic heterocycles. The predicted molar refractivity (Wildman–Crippen MR) is 75.1 cm³/mol. The average molecular weight is 280 g/mol. The molecule has 110 valence electrons. The highest BCUT2D eigenvalue weighted by Crippen LogP contribution is 2.13. The fourth-order valence-corrected chi connectivity index (χ4v) is 2.49. The smallest absolute Gasteiger partial charge is 0.304 e. The monoisotopic (exact) mass is 280 g/mol. The highest BCUT2D eigenvalue weighted by molar-refractivity contribution is 5.66. The summed E-state index contributed by atoms with van der Waals surface area (Å²) in [7, 11) is 0. The van der Waals surface area contributed by atoms with E-state index in [9.17, 15) is 9.18 Å². The Bertz CT molecular complexity index is 471. The molecule has 4 nitrogen and oxygen atoms in total. The van der Waals surface area contributed by atoms with Gasteiger partial charge in [-0.3, -0.25) is 9.69 Å². The first-order valence-electron chi connectivity index (χ1n) is 6.96. The van der Waals surface area contributed by atoms with Crippen molar-refractivity contribution in [1.82, 2.24) is 9.80 Å². The van der Waals surface area contributed by atoms with E-state index in [0.717, 1.165) is 38.3 Å². The first-order chi connectivity index (χ1) is 9.54. The van der Waals surface area contributed by atoms with Gasteiger partial charge in [0.05, 0.1) is 6.42 Å². The number of piperazine rings is 1. The predicted octanol–water partition coefficient (Wildman–Crippen LogP) is 1.73. The van der Waals surface area contributed by atoms with Gasteiger partial charge in [-0.05, 0) is 24.1 Å². The van der Waals surface area contributed by atoms with Gasteiger partial charge in [-0.15, -0.1) is 0 Å². The van der Waals surface area contributed by atoms with Crippen molar-refractivity contribution < 1.29 is 14.3 Å². The van der Waals surface area contributed by atoms with Crippen LogP contribution in [0.3, 0.4) is 0 Å². The van der Waals surface area contributed by atoms with Crippen molar-refractivity contribution in [3.05, 3.63) is 35.1 Å². The molecule has 1 fully saturated rings. The highest BCUT2D eigenvalue weighted by Gasteiger charge is 2.17. The minimum atomic E-state index is -0.741. The standard InChI is InChI=1S/C15H21FN2O2/c1-12-10-13(2-3-14(12)16)11-18-8-6-17(7-9-18)5-4-15(19)20/h2-3,10H,4-9,11H2,1H3,(H,19,20). The van der Waals surface area contributed by atoms with Gasteiger partial charge in [0.15, 0.2) is 0 Å². The lowest BCUT2D eigenvalue weighted by molar-refractivity contribution is -0.137. The van der Waals surface area contributed by atoms with Crippen LogP contribution < -0.4 is 0 Å². The molecule has 1 heterocycles. The average Bonchev–Trinajstić information content (AvgIpc) is 2.42. The van der Waals surface area contributed by atoms with Gasteiger partial charge >= 0.3 is 5.97 Å². The van der Waals surface area contributed by atoms with Gasteiger partial charge in [0.1, 0.15) is 5.82 Å². The van der Waals surface area contributed by atoms with E-state index in [0.29, 0.717) is 12.1 Å². The summed E-state index contributed by atoms with van der Waals surface area (Å²) in [6.07, 6.45) is 0.206. The van der Waals surface area contributed by atoms with Crippen molar-refractivity contribution >= 4 is 5.97 Å². The molecule has 0 radical (unpaired) electrons. The van der Waals surface area contributed by atoms with E-state index in [1.807, 2.05) is 12.1 Å². The molecule has 0 bridgehead atoms. The second-order valence-corrected chi connectivity index (χ2v) is 5.35. The Balaban J connectivity index is 1.79. The second-order valence-electron chi connectivity index (χ2n) is 5.35. The molecule has 0 spiro atoms. The Morgan fingerprint density at radius 2 is 1.90 bits per heavy atom. The molecule has 2 rings (SSSR count). The normalized spacial score (nSPS) is 17.3. The Labute approximate surface area is 118 Å². The number of hydrogen-bond donors (Lipinski definition) is 1. The van der Waals surface area contributed by atoms with Crippen LogP contribution in [-0.2, 0) is 11.3 Å². The SMILES string of the molecule is Cc1cc(CN2CCN(CCC(=O)O)CC2)ccc1F. The summed E-state index contributed by atoms with van der Waals surface area (Å²) in [6.45, 7) is 6.88. The molecule has 1 aromatic carbocycles. The quantitative estimate of drug-likeness (QED) is 0.892. The summed E-state index contributed by atoms with van der Waals surface area (Å²) in [6, 6.07) is 5.25. The van der Waals surface area contributed by atoms with Crippen LogP contribution in [0, 0.1) is 12.7 Å². The maximum Gasteiger partial charge on any atom is 0.304 e. The number of carboxylic acid groups (broad SMARTS) is 1. The summed E-state index contributed by atoms with van der Waals surface area (Å²) in [5.74, 6) is -0.901. The van der Waals surface area contributed by atoms with Crippen LogP contribution in [0.5, 0.6) is 0 Å². The summed E-state index contributed by atoms with van der Waals surface area (Å²) in [5, 5.41) is 8.67. The topological polar surface area (TPSA) is 43.8 Å². The van der Waals surface area contributed by atoms with E-state index in [1.54, 1.807) is 6.92 Å². The molecular formula is C15H21FN2O2. The van der Waals surface area contributed by atoms with Crippen molar-refractivity contribution in [2.24, 2.45) is 0 Å². The third kappa shape index (κ3) is 4.28. The Hall–Kier alpha value is -1.46. The molecule has 1 aliphatic heterocycles. The molecule has 0 atom stereocenters. The van der Waals surface area contributed by atoms with E-state index in [4.69, 9.17) is 5.11 Å². The van der Waals surface area contributed by atoms with Crippen LogP contribution in [0.1, 0.15) is 17.5 Å². The summed E-state index contributed by atoms with van der Waals surface area (Å²) in [4.78, 5) is 15.0. The number of halogens is 1. The zero-order valence-corrected chi connectivity index (χ0v) is 11.8. The number of carbonyl (C=O) groups is 1.